The molecule has 3 amide bonds. The highest BCUT2D eigenvalue weighted by Gasteiger charge is 2.35. The maximum Gasteiger partial charge on any atom is 0.322 e. The number of ether oxygens (including phenoxy) is 1. The predicted octanol–water partition coefficient (Wildman–Crippen LogP) is 3.09. The van der Waals surface area contributed by atoms with E-state index in [1.165, 1.54) is 5.56 Å². The predicted molar refractivity (Wildman–Crippen MR) is 104 cm³/mol. The number of aryl methyl sites for hydroxylation is 1. The van der Waals surface area contributed by atoms with Gasteiger partial charge in [0, 0.05) is 6.54 Å². The molecular formula is C21H25N3O4. The largest absolute Gasteiger partial charge is 0.495 e. The van der Waals surface area contributed by atoms with Crippen molar-refractivity contribution in [2.45, 2.75) is 44.7 Å². The number of fused-ring (bicyclic) bond motifs is 1. The van der Waals surface area contributed by atoms with Crippen LogP contribution in [0.5, 0.6) is 5.75 Å². The first kappa shape index (κ1) is 18.4. The van der Waals surface area contributed by atoms with E-state index in [0.717, 1.165) is 36.9 Å². The molecule has 1 aromatic heterocycles. The molecule has 2 heterocycles. The summed E-state index contributed by atoms with van der Waals surface area (Å²) in [5, 5.41) is 5.88. The number of hydrogen-bond donors (Lipinski definition) is 2. The SMILES string of the molecule is COc1ccc2c(c1NC(=O)N1CCCC1C(=O)NCc1ccco1)CCC2. The van der Waals surface area contributed by atoms with Crippen molar-refractivity contribution < 1.29 is 18.7 Å². The summed E-state index contributed by atoms with van der Waals surface area (Å²) in [6.07, 6.45) is 6.05. The first-order valence-corrected chi connectivity index (χ1v) is 9.74. The fourth-order valence-corrected chi connectivity index (χ4v) is 4.12. The van der Waals surface area contributed by atoms with Crippen molar-refractivity contribution in [3.8, 4) is 5.75 Å². The van der Waals surface area contributed by atoms with Crippen molar-refractivity contribution in [2.75, 3.05) is 19.0 Å². The van der Waals surface area contributed by atoms with Gasteiger partial charge in [0.05, 0.1) is 25.6 Å². The van der Waals surface area contributed by atoms with Crippen LogP contribution in [0.4, 0.5) is 10.5 Å². The number of rotatable bonds is 5. The van der Waals surface area contributed by atoms with Gasteiger partial charge in [0.15, 0.2) is 0 Å². The number of hydrogen-bond acceptors (Lipinski definition) is 4. The Kier molecular flexibility index (Phi) is 5.23. The summed E-state index contributed by atoms with van der Waals surface area (Å²) < 4.78 is 10.7. The molecule has 0 saturated carbocycles. The monoisotopic (exact) mass is 383 g/mol. The van der Waals surface area contributed by atoms with Gasteiger partial charge in [-0.3, -0.25) is 4.79 Å². The first-order valence-electron chi connectivity index (χ1n) is 9.74. The molecule has 7 nitrogen and oxygen atoms in total. The van der Waals surface area contributed by atoms with Gasteiger partial charge < -0.3 is 24.7 Å². The highest BCUT2D eigenvalue weighted by Crippen LogP contribution is 2.36. The van der Waals surface area contributed by atoms with Gasteiger partial charge >= 0.3 is 6.03 Å². The zero-order chi connectivity index (χ0) is 19.5. The van der Waals surface area contributed by atoms with Crippen LogP contribution in [-0.2, 0) is 24.2 Å². The lowest BCUT2D eigenvalue weighted by atomic mass is 10.1. The maximum atomic E-state index is 13.0. The highest BCUT2D eigenvalue weighted by atomic mass is 16.5. The Morgan fingerprint density at radius 1 is 1.25 bits per heavy atom. The zero-order valence-corrected chi connectivity index (χ0v) is 16.0. The number of likely N-dealkylation sites (tertiary alicyclic amines) is 1. The molecule has 1 aliphatic carbocycles. The summed E-state index contributed by atoms with van der Waals surface area (Å²) >= 11 is 0. The molecular weight excluding hydrogens is 358 g/mol. The second-order valence-corrected chi connectivity index (χ2v) is 7.21. The second-order valence-electron chi connectivity index (χ2n) is 7.21. The normalized spacial score (nSPS) is 18.0. The Hall–Kier alpha value is -2.96. The molecule has 28 heavy (non-hydrogen) atoms. The third-order valence-corrected chi connectivity index (χ3v) is 5.53. The molecule has 1 aromatic carbocycles. The molecule has 1 saturated heterocycles. The maximum absolute atomic E-state index is 13.0. The van der Waals surface area contributed by atoms with E-state index in [2.05, 4.69) is 16.7 Å². The average Bonchev–Trinajstić information content (AvgIpc) is 3.47. The van der Waals surface area contributed by atoms with Crippen molar-refractivity contribution in [3.63, 3.8) is 0 Å². The summed E-state index contributed by atoms with van der Waals surface area (Å²) in [4.78, 5) is 27.2. The van der Waals surface area contributed by atoms with Gasteiger partial charge in [-0.2, -0.15) is 0 Å². The van der Waals surface area contributed by atoms with E-state index < -0.39 is 6.04 Å². The third kappa shape index (κ3) is 3.56. The van der Waals surface area contributed by atoms with Gasteiger partial charge in [0.25, 0.3) is 0 Å². The summed E-state index contributed by atoms with van der Waals surface area (Å²) in [5.74, 6) is 1.19. The lowest BCUT2D eigenvalue weighted by molar-refractivity contribution is -0.124. The summed E-state index contributed by atoms with van der Waals surface area (Å²) in [7, 11) is 1.60. The molecule has 1 fully saturated rings. The number of carbonyl (C=O) groups excluding carboxylic acids is 2. The third-order valence-electron chi connectivity index (χ3n) is 5.53. The molecule has 2 aliphatic rings. The smallest absolute Gasteiger partial charge is 0.322 e. The Labute approximate surface area is 164 Å². The van der Waals surface area contributed by atoms with Crippen molar-refractivity contribution >= 4 is 17.6 Å². The lowest BCUT2D eigenvalue weighted by Gasteiger charge is -2.25. The van der Waals surface area contributed by atoms with E-state index in [4.69, 9.17) is 9.15 Å². The Balaban J connectivity index is 1.46. The molecule has 2 aromatic rings. The fourth-order valence-electron chi connectivity index (χ4n) is 4.12. The van der Waals surface area contributed by atoms with Gasteiger partial charge in [-0.05, 0) is 61.4 Å². The molecule has 0 spiro atoms. The highest BCUT2D eigenvalue weighted by molar-refractivity contribution is 5.96. The van der Waals surface area contributed by atoms with Crippen LogP contribution >= 0.6 is 0 Å². The van der Waals surface area contributed by atoms with Gasteiger partial charge in [0.2, 0.25) is 5.91 Å². The van der Waals surface area contributed by atoms with E-state index >= 15 is 0 Å². The van der Waals surface area contributed by atoms with Gasteiger partial charge in [-0.15, -0.1) is 0 Å². The molecule has 7 heteroatoms. The Morgan fingerprint density at radius 3 is 2.93 bits per heavy atom. The summed E-state index contributed by atoms with van der Waals surface area (Å²) in [6.45, 7) is 0.875. The number of anilines is 1. The molecule has 1 unspecified atom stereocenters. The zero-order valence-electron chi connectivity index (χ0n) is 16.0. The minimum atomic E-state index is -0.474. The lowest BCUT2D eigenvalue weighted by Crippen LogP contribution is -2.47. The van der Waals surface area contributed by atoms with E-state index in [1.54, 1.807) is 24.3 Å². The molecule has 2 N–H and O–H groups in total. The molecule has 0 radical (unpaired) electrons. The van der Waals surface area contributed by atoms with Crippen LogP contribution in [0.15, 0.2) is 34.9 Å². The van der Waals surface area contributed by atoms with E-state index in [1.807, 2.05) is 12.1 Å². The van der Waals surface area contributed by atoms with Crippen molar-refractivity contribution in [2.24, 2.45) is 0 Å². The number of nitrogens with zero attached hydrogens (tertiary/aromatic N) is 1. The van der Waals surface area contributed by atoms with Crippen LogP contribution in [0.2, 0.25) is 0 Å². The van der Waals surface area contributed by atoms with E-state index in [-0.39, 0.29) is 11.9 Å². The minimum Gasteiger partial charge on any atom is -0.495 e. The minimum absolute atomic E-state index is 0.158. The number of benzene rings is 1. The number of carbonyl (C=O) groups is 2. The first-order chi connectivity index (χ1) is 13.7. The molecule has 1 aliphatic heterocycles. The number of nitrogens with one attached hydrogen (secondary N) is 2. The quantitative estimate of drug-likeness (QED) is 0.831. The van der Waals surface area contributed by atoms with E-state index in [9.17, 15) is 9.59 Å². The molecule has 4 rings (SSSR count). The van der Waals surface area contributed by atoms with Gasteiger partial charge in [-0.1, -0.05) is 6.07 Å². The van der Waals surface area contributed by atoms with Gasteiger partial charge in [-0.25, -0.2) is 4.79 Å². The van der Waals surface area contributed by atoms with Crippen molar-refractivity contribution in [1.82, 2.24) is 10.2 Å². The number of urea groups is 1. The standard InChI is InChI=1S/C21H25N3O4/c1-27-18-10-9-14-5-2-7-16(14)19(18)23-21(26)24-11-3-8-17(24)20(25)22-13-15-6-4-12-28-15/h4,6,9-10,12,17H,2-3,5,7-8,11,13H2,1H3,(H,22,25)(H,23,26). The summed E-state index contributed by atoms with van der Waals surface area (Å²) in [5.41, 5.74) is 3.14. The van der Waals surface area contributed by atoms with Crippen LogP contribution in [0.25, 0.3) is 0 Å². The molecule has 1 atom stereocenters. The number of amides is 3. The van der Waals surface area contributed by atoms with E-state index in [0.29, 0.717) is 31.0 Å². The summed E-state index contributed by atoms with van der Waals surface area (Å²) in [6, 6.07) is 6.82. The fraction of sp³-hybridized carbons (Fsp3) is 0.429. The van der Waals surface area contributed by atoms with Crippen LogP contribution in [0.3, 0.4) is 0 Å². The van der Waals surface area contributed by atoms with Crippen LogP contribution in [0.1, 0.15) is 36.1 Å². The van der Waals surface area contributed by atoms with Crippen LogP contribution in [0, 0.1) is 0 Å². The van der Waals surface area contributed by atoms with Crippen molar-refractivity contribution in [1.29, 1.82) is 0 Å². The second kappa shape index (κ2) is 7.96. The van der Waals surface area contributed by atoms with Crippen LogP contribution in [-0.4, -0.2) is 36.5 Å². The molecule has 148 valence electrons. The average molecular weight is 383 g/mol. The molecule has 0 bridgehead atoms. The number of methoxy groups -OCH3 is 1. The Morgan fingerprint density at radius 2 is 2.14 bits per heavy atom. The topological polar surface area (TPSA) is 83.8 Å². The van der Waals surface area contributed by atoms with Crippen molar-refractivity contribution in [3.05, 3.63) is 47.4 Å². The number of furan rings is 1. The van der Waals surface area contributed by atoms with Gasteiger partial charge in [0.1, 0.15) is 17.6 Å². The van der Waals surface area contributed by atoms with Crippen LogP contribution < -0.4 is 15.4 Å². The Bertz CT molecular complexity index is 863.